The standard InChI is InChI=1S/C16H22O2/c1-16(2,3)12-7-6-8-13(11-12)18-15-10-5-4-9-14(15)17/h6-8,11,15H,4-5,9-10H2,1-3H3. The SMILES string of the molecule is CC(C)(C)c1cccc(OC2CCCCC2=O)c1. The maximum absolute atomic E-state index is 11.8. The maximum atomic E-state index is 11.8. The lowest BCUT2D eigenvalue weighted by Gasteiger charge is -2.24. The zero-order valence-electron chi connectivity index (χ0n) is 11.5. The molecule has 0 saturated heterocycles. The first kappa shape index (κ1) is 13.1. The Hall–Kier alpha value is -1.31. The summed E-state index contributed by atoms with van der Waals surface area (Å²) in [6, 6.07) is 8.11. The van der Waals surface area contributed by atoms with Crippen LogP contribution in [0.2, 0.25) is 0 Å². The Morgan fingerprint density at radius 1 is 1.22 bits per heavy atom. The third-order valence-electron chi connectivity index (χ3n) is 3.48. The highest BCUT2D eigenvalue weighted by Crippen LogP contribution is 2.27. The topological polar surface area (TPSA) is 26.3 Å². The Labute approximate surface area is 109 Å². The Kier molecular flexibility index (Phi) is 3.74. The molecule has 0 bridgehead atoms. The van der Waals surface area contributed by atoms with Gasteiger partial charge in [-0.3, -0.25) is 4.79 Å². The smallest absolute Gasteiger partial charge is 0.173 e. The summed E-state index contributed by atoms with van der Waals surface area (Å²) in [7, 11) is 0. The van der Waals surface area contributed by atoms with E-state index in [1.807, 2.05) is 12.1 Å². The van der Waals surface area contributed by atoms with Crippen molar-refractivity contribution in [3.8, 4) is 5.75 Å². The number of carbonyl (C=O) groups excluding carboxylic acids is 1. The monoisotopic (exact) mass is 246 g/mol. The largest absolute Gasteiger partial charge is 0.483 e. The van der Waals surface area contributed by atoms with Crippen molar-refractivity contribution < 1.29 is 9.53 Å². The molecule has 0 heterocycles. The minimum atomic E-state index is -0.228. The number of ketones is 1. The Morgan fingerprint density at radius 2 is 2.00 bits per heavy atom. The van der Waals surface area contributed by atoms with Crippen molar-refractivity contribution in [2.75, 3.05) is 0 Å². The summed E-state index contributed by atoms with van der Waals surface area (Å²) in [6.07, 6.45) is 3.41. The number of hydrogen-bond donors (Lipinski definition) is 0. The van der Waals surface area contributed by atoms with E-state index in [1.165, 1.54) is 5.56 Å². The number of hydrogen-bond acceptors (Lipinski definition) is 2. The zero-order chi connectivity index (χ0) is 13.2. The molecule has 1 aromatic rings. The molecule has 1 fully saturated rings. The molecule has 1 unspecified atom stereocenters. The van der Waals surface area contributed by atoms with Gasteiger partial charge in [0, 0.05) is 6.42 Å². The van der Waals surface area contributed by atoms with E-state index >= 15 is 0 Å². The van der Waals surface area contributed by atoms with Crippen molar-refractivity contribution in [2.24, 2.45) is 0 Å². The normalized spacial score (nSPS) is 20.8. The van der Waals surface area contributed by atoms with Crippen LogP contribution >= 0.6 is 0 Å². The lowest BCUT2D eigenvalue weighted by Crippen LogP contribution is -2.30. The van der Waals surface area contributed by atoms with Gasteiger partial charge in [0.25, 0.3) is 0 Å². The van der Waals surface area contributed by atoms with Crippen molar-refractivity contribution in [2.45, 2.75) is 58.0 Å². The second kappa shape index (κ2) is 5.13. The highest BCUT2D eigenvalue weighted by atomic mass is 16.5. The first-order chi connectivity index (χ1) is 8.47. The van der Waals surface area contributed by atoms with Crippen LogP contribution in [-0.4, -0.2) is 11.9 Å². The van der Waals surface area contributed by atoms with E-state index in [2.05, 4.69) is 32.9 Å². The molecule has 0 aliphatic heterocycles. The summed E-state index contributed by atoms with van der Waals surface area (Å²) in [5.41, 5.74) is 1.35. The predicted molar refractivity (Wildman–Crippen MR) is 73.0 cm³/mol. The van der Waals surface area contributed by atoms with E-state index in [4.69, 9.17) is 4.74 Å². The first-order valence-corrected chi connectivity index (χ1v) is 6.77. The summed E-state index contributed by atoms with van der Waals surface area (Å²) >= 11 is 0. The van der Waals surface area contributed by atoms with Gasteiger partial charge in [0.2, 0.25) is 0 Å². The van der Waals surface area contributed by atoms with Crippen LogP contribution in [0.1, 0.15) is 52.0 Å². The molecule has 98 valence electrons. The Balaban J connectivity index is 2.12. The van der Waals surface area contributed by atoms with Crippen LogP contribution in [0.4, 0.5) is 0 Å². The van der Waals surface area contributed by atoms with E-state index in [9.17, 15) is 4.79 Å². The van der Waals surface area contributed by atoms with E-state index in [1.54, 1.807) is 0 Å². The average Bonchev–Trinajstić information content (AvgIpc) is 2.31. The highest BCUT2D eigenvalue weighted by molar-refractivity contribution is 5.84. The molecule has 1 aliphatic rings. The van der Waals surface area contributed by atoms with Gasteiger partial charge in [-0.1, -0.05) is 32.9 Å². The second-order valence-corrected chi connectivity index (χ2v) is 6.10. The molecule has 2 heteroatoms. The van der Waals surface area contributed by atoms with Gasteiger partial charge in [0.1, 0.15) is 5.75 Å². The van der Waals surface area contributed by atoms with Gasteiger partial charge in [-0.05, 0) is 42.4 Å². The molecule has 2 nitrogen and oxygen atoms in total. The second-order valence-electron chi connectivity index (χ2n) is 6.10. The number of Topliss-reactive ketones (excluding diaryl/α,β-unsaturated/α-hetero) is 1. The molecule has 0 radical (unpaired) electrons. The van der Waals surface area contributed by atoms with Crippen molar-refractivity contribution >= 4 is 5.78 Å². The van der Waals surface area contributed by atoms with Gasteiger partial charge in [-0.25, -0.2) is 0 Å². The highest BCUT2D eigenvalue weighted by Gasteiger charge is 2.24. The molecular formula is C16H22O2. The fraction of sp³-hybridized carbons (Fsp3) is 0.562. The molecule has 1 atom stereocenters. The molecule has 1 aromatic carbocycles. The van der Waals surface area contributed by atoms with E-state index in [0.717, 1.165) is 25.0 Å². The molecule has 0 N–H and O–H groups in total. The van der Waals surface area contributed by atoms with E-state index in [-0.39, 0.29) is 17.3 Å². The zero-order valence-corrected chi connectivity index (χ0v) is 11.5. The Morgan fingerprint density at radius 3 is 2.67 bits per heavy atom. The van der Waals surface area contributed by atoms with Crippen LogP contribution in [0, 0.1) is 0 Å². The summed E-state index contributed by atoms with van der Waals surface area (Å²) in [6.45, 7) is 6.54. The molecule has 2 rings (SSSR count). The third kappa shape index (κ3) is 3.12. The van der Waals surface area contributed by atoms with Crippen molar-refractivity contribution in [1.82, 2.24) is 0 Å². The fourth-order valence-electron chi connectivity index (χ4n) is 2.28. The molecule has 0 spiro atoms. The van der Waals surface area contributed by atoms with Crippen LogP contribution < -0.4 is 4.74 Å². The van der Waals surface area contributed by atoms with Gasteiger partial charge in [-0.2, -0.15) is 0 Å². The number of benzene rings is 1. The van der Waals surface area contributed by atoms with Crippen molar-refractivity contribution in [3.05, 3.63) is 29.8 Å². The molecule has 18 heavy (non-hydrogen) atoms. The minimum Gasteiger partial charge on any atom is -0.483 e. The van der Waals surface area contributed by atoms with Crippen molar-refractivity contribution in [3.63, 3.8) is 0 Å². The molecule has 0 aromatic heterocycles. The lowest BCUT2D eigenvalue weighted by atomic mass is 9.87. The van der Waals surface area contributed by atoms with E-state index in [0.29, 0.717) is 6.42 Å². The Bertz CT molecular complexity index is 429. The minimum absolute atomic E-state index is 0.107. The predicted octanol–water partition coefficient (Wildman–Crippen LogP) is 3.87. The van der Waals surface area contributed by atoms with Crippen LogP contribution in [0.15, 0.2) is 24.3 Å². The van der Waals surface area contributed by atoms with Gasteiger partial charge in [0.15, 0.2) is 11.9 Å². The average molecular weight is 246 g/mol. The number of rotatable bonds is 2. The fourth-order valence-corrected chi connectivity index (χ4v) is 2.28. The quantitative estimate of drug-likeness (QED) is 0.791. The molecular weight excluding hydrogens is 224 g/mol. The maximum Gasteiger partial charge on any atom is 0.173 e. The number of ether oxygens (including phenoxy) is 1. The first-order valence-electron chi connectivity index (χ1n) is 6.77. The van der Waals surface area contributed by atoms with Crippen LogP contribution in [0.3, 0.4) is 0 Å². The summed E-state index contributed by atoms with van der Waals surface area (Å²) < 4.78 is 5.85. The van der Waals surface area contributed by atoms with Gasteiger partial charge >= 0.3 is 0 Å². The lowest BCUT2D eigenvalue weighted by molar-refractivity contribution is -0.127. The summed E-state index contributed by atoms with van der Waals surface area (Å²) in [4.78, 5) is 11.8. The molecule has 1 aliphatic carbocycles. The van der Waals surface area contributed by atoms with Crippen LogP contribution in [0.5, 0.6) is 5.75 Å². The van der Waals surface area contributed by atoms with Crippen molar-refractivity contribution in [1.29, 1.82) is 0 Å². The van der Waals surface area contributed by atoms with Gasteiger partial charge in [0.05, 0.1) is 0 Å². The number of carbonyl (C=O) groups is 1. The molecule has 1 saturated carbocycles. The van der Waals surface area contributed by atoms with Gasteiger partial charge < -0.3 is 4.74 Å². The van der Waals surface area contributed by atoms with Crippen LogP contribution in [-0.2, 0) is 10.2 Å². The van der Waals surface area contributed by atoms with Gasteiger partial charge in [-0.15, -0.1) is 0 Å². The molecule has 0 amide bonds. The summed E-state index contributed by atoms with van der Waals surface area (Å²) in [5.74, 6) is 1.07. The third-order valence-corrected chi connectivity index (χ3v) is 3.48. The van der Waals surface area contributed by atoms with E-state index < -0.39 is 0 Å². The summed E-state index contributed by atoms with van der Waals surface area (Å²) in [5, 5.41) is 0. The van der Waals surface area contributed by atoms with Crippen LogP contribution in [0.25, 0.3) is 0 Å².